The average Bonchev–Trinajstić information content (AvgIpc) is 2.71. The largest absolute Gasteiger partial charge is 0.399 e. The Balaban J connectivity index is 2.08. The van der Waals surface area contributed by atoms with Gasteiger partial charge in [0.2, 0.25) is 0 Å². The number of thiazole rings is 1. The predicted octanol–water partition coefficient (Wildman–Crippen LogP) is 2.41. The molecule has 0 saturated carbocycles. The van der Waals surface area contributed by atoms with E-state index in [-0.39, 0.29) is 6.10 Å². The van der Waals surface area contributed by atoms with Crippen molar-refractivity contribution in [1.29, 1.82) is 0 Å². The number of benzene rings is 1. The number of hydrogen-bond donors (Lipinski definition) is 1. The van der Waals surface area contributed by atoms with Gasteiger partial charge in [0.15, 0.2) is 4.34 Å². The molecule has 0 fully saturated rings. The quantitative estimate of drug-likeness (QED) is 0.856. The van der Waals surface area contributed by atoms with Crippen molar-refractivity contribution < 1.29 is 8.95 Å². The molecule has 4 nitrogen and oxygen atoms in total. The summed E-state index contributed by atoms with van der Waals surface area (Å²) in [6.45, 7) is 4.41. The molecule has 98 valence electrons. The molecule has 0 spiro atoms. The molecule has 1 aromatic carbocycles. The normalized spacial score (nSPS) is 13.3. The van der Waals surface area contributed by atoms with Crippen LogP contribution in [-0.2, 0) is 15.5 Å². The van der Waals surface area contributed by atoms with E-state index in [2.05, 4.69) is 4.98 Å². The molecular weight excluding hydrogens is 268 g/mol. The van der Waals surface area contributed by atoms with Gasteiger partial charge in [0, 0.05) is 5.69 Å². The lowest BCUT2D eigenvalue weighted by atomic mass is 10.3. The summed E-state index contributed by atoms with van der Waals surface area (Å²) in [4.78, 5) is 4.36. The fraction of sp³-hybridized carbons (Fsp3) is 0.417. The van der Waals surface area contributed by atoms with Crippen LogP contribution in [0.2, 0.25) is 0 Å². The number of fused-ring (bicyclic) bond motifs is 1. The van der Waals surface area contributed by atoms with Gasteiger partial charge in [-0.25, -0.2) is 4.98 Å². The molecule has 6 heteroatoms. The lowest BCUT2D eigenvalue weighted by Crippen LogP contribution is -2.10. The maximum atomic E-state index is 12.0. The summed E-state index contributed by atoms with van der Waals surface area (Å²) in [6.07, 6.45) is 0.164. The number of rotatable bonds is 5. The van der Waals surface area contributed by atoms with E-state index in [9.17, 15) is 4.21 Å². The molecule has 0 bridgehead atoms. The van der Waals surface area contributed by atoms with Crippen LogP contribution in [0.3, 0.4) is 0 Å². The van der Waals surface area contributed by atoms with Crippen LogP contribution in [0.4, 0.5) is 5.69 Å². The van der Waals surface area contributed by atoms with Crippen LogP contribution in [0.1, 0.15) is 13.8 Å². The van der Waals surface area contributed by atoms with Crippen LogP contribution in [0.5, 0.6) is 0 Å². The third kappa shape index (κ3) is 3.28. The molecule has 0 saturated heterocycles. The Bertz CT molecular complexity index is 566. The van der Waals surface area contributed by atoms with E-state index < -0.39 is 10.8 Å². The topological polar surface area (TPSA) is 65.2 Å². The first kappa shape index (κ1) is 13.5. The van der Waals surface area contributed by atoms with Crippen molar-refractivity contribution in [3.8, 4) is 0 Å². The van der Waals surface area contributed by atoms with Crippen LogP contribution in [0, 0.1) is 0 Å². The van der Waals surface area contributed by atoms with Gasteiger partial charge in [-0.3, -0.25) is 4.21 Å². The predicted molar refractivity (Wildman–Crippen MR) is 76.4 cm³/mol. The van der Waals surface area contributed by atoms with E-state index in [0.29, 0.717) is 22.4 Å². The zero-order chi connectivity index (χ0) is 13.1. The maximum Gasteiger partial charge on any atom is 0.181 e. The lowest BCUT2D eigenvalue weighted by Gasteiger charge is -2.05. The van der Waals surface area contributed by atoms with Gasteiger partial charge in [-0.05, 0) is 32.0 Å². The smallest absolute Gasteiger partial charge is 0.181 e. The number of aromatic nitrogens is 1. The standard InChI is InChI=1S/C12H16N2O2S2/c1-8(2)16-5-6-18(15)12-14-10-4-3-9(13)7-11(10)17-12/h3-4,7-8H,5-6,13H2,1-2H3. The number of hydrogen-bond acceptors (Lipinski definition) is 5. The Morgan fingerprint density at radius 1 is 1.50 bits per heavy atom. The summed E-state index contributed by atoms with van der Waals surface area (Å²) in [6, 6.07) is 5.52. The van der Waals surface area contributed by atoms with Gasteiger partial charge in [0.1, 0.15) is 0 Å². The molecule has 0 aliphatic rings. The monoisotopic (exact) mass is 284 g/mol. The number of nitrogens with zero attached hydrogens (tertiary/aromatic N) is 1. The van der Waals surface area contributed by atoms with Gasteiger partial charge in [-0.1, -0.05) is 0 Å². The first-order valence-corrected chi connectivity index (χ1v) is 7.86. The van der Waals surface area contributed by atoms with Crippen molar-refractivity contribution in [3.63, 3.8) is 0 Å². The Labute approximate surface area is 113 Å². The van der Waals surface area contributed by atoms with Gasteiger partial charge >= 0.3 is 0 Å². The summed E-state index contributed by atoms with van der Waals surface area (Å²) < 4.78 is 19.0. The second-order valence-corrected chi connectivity index (χ2v) is 6.95. The average molecular weight is 284 g/mol. The lowest BCUT2D eigenvalue weighted by molar-refractivity contribution is 0.0916. The molecule has 1 aromatic heterocycles. The van der Waals surface area contributed by atoms with Gasteiger partial charge < -0.3 is 10.5 Å². The Morgan fingerprint density at radius 2 is 2.28 bits per heavy atom. The van der Waals surface area contributed by atoms with Crippen LogP contribution in [0.15, 0.2) is 22.5 Å². The van der Waals surface area contributed by atoms with Crippen molar-refractivity contribution >= 4 is 38.0 Å². The van der Waals surface area contributed by atoms with Crippen molar-refractivity contribution in [2.75, 3.05) is 18.1 Å². The Kier molecular flexibility index (Phi) is 4.31. The number of nitrogen functional groups attached to an aromatic ring is 1. The van der Waals surface area contributed by atoms with Gasteiger partial charge in [0.25, 0.3) is 0 Å². The second kappa shape index (κ2) is 5.77. The highest BCUT2D eigenvalue weighted by atomic mass is 32.2. The number of ether oxygens (including phenoxy) is 1. The number of anilines is 1. The summed E-state index contributed by atoms with van der Waals surface area (Å²) in [5.41, 5.74) is 7.26. The first-order chi connectivity index (χ1) is 8.56. The number of nitrogens with two attached hydrogens (primary N) is 1. The molecule has 2 aromatic rings. The molecule has 18 heavy (non-hydrogen) atoms. The molecule has 0 aliphatic carbocycles. The van der Waals surface area contributed by atoms with Gasteiger partial charge in [0.05, 0.1) is 39.5 Å². The molecule has 0 amide bonds. The van der Waals surface area contributed by atoms with E-state index in [0.717, 1.165) is 10.2 Å². The minimum atomic E-state index is -1.10. The van der Waals surface area contributed by atoms with Crippen molar-refractivity contribution in [2.24, 2.45) is 0 Å². The minimum Gasteiger partial charge on any atom is -0.399 e. The van der Waals surface area contributed by atoms with Gasteiger partial charge in [-0.2, -0.15) is 0 Å². The second-order valence-electron chi connectivity index (χ2n) is 4.18. The van der Waals surface area contributed by atoms with Crippen molar-refractivity contribution in [1.82, 2.24) is 4.98 Å². The van der Waals surface area contributed by atoms with Crippen LogP contribution in [-0.4, -0.2) is 27.7 Å². The molecule has 2 rings (SSSR count). The maximum absolute atomic E-state index is 12.0. The Morgan fingerprint density at radius 3 is 3.00 bits per heavy atom. The van der Waals surface area contributed by atoms with E-state index in [1.54, 1.807) is 6.07 Å². The third-order valence-corrected chi connectivity index (χ3v) is 4.95. The summed E-state index contributed by atoms with van der Waals surface area (Å²) in [5.74, 6) is 0.480. The van der Waals surface area contributed by atoms with E-state index in [1.165, 1.54) is 11.3 Å². The third-order valence-electron chi connectivity index (χ3n) is 2.31. The summed E-state index contributed by atoms with van der Waals surface area (Å²) in [5, 5.41) is 0. The summed E-state index contributed by atoms with van der Waals surface area (Å²) in [7, 11) is -1.10. The minimum absolute atomic E-state index is 0.164. The van der Waals surface area contributed by atoms with Crippen LogP contribution < -0.4 is 5.73 Å². The molecule has 1 atom stereocenters. The highest BCUT2D eigenvalue weighted by Crippen LogP contribution is 2.26. The SMILES string of the molecule is CC(C)OCCS(=O)c1nc2ccc(N)cc2s1. The fourth-order valence-corrected chi connectivity index (χ4v) is 3.72. The van der Waals surface area contributed by atoms with Crippen LogP contribution >= 0.6 is 11.3 Å². The highest BCUT2D eigenvalue weighted by molar-refractivity contribution is 7.87. The fourth-order valence-electron chi connectivity index (χ4n) is 1.46. The zero-order valence-electron chi connectivity index (χ0n) is 10.4. The molecular formula is C12H16N2O2S2. The molecule has 0 aliphatic heterocycles. The van der Waals surface area contributed by atoms with E-state index >= 15 is 0 Å². The molecule has 2 N–H and O–H groups in total. The van der Waals surface area contributed by atoms with Crippen molar-refractivity contribution in [2.45, 2.75) is 24.3 Å². The molecule has 1 heterocycles. The first-order valence-electron chi connectivity index (χ1n) is 5.72. The summed E-state index contributed by atoms with van der Waals surface area (Å²) >= 11 is 1.43. The highest BCUT2D eigenvalue weighted by Gasteiger charge is 2.11. The van der Waals surface area contributed by atoms with Crippen LogP contribution in [0.25, 0.3) is 10.2 Å². The molecule has 1 unspecified atom stereocenters. The van der Waals surface area contributed by atoms with E-state index in [4.69, 9.17) is 10.5 Å². The van der Waals surface area contributed by atoms with Gasteiger partial charge in [-0.15, -0.1) is 11.3 Å². The Hall–Kier alpha value is -0.980. The van der Waals surface area contributed by atoms with Crippen molar-refractivity contribution in [3.05, 3.63) is 18.2 Å². The molecule has 0 radical (unpaired) electrons. The van der Waals surface area contributed by atoms with E-state index in [1.807, 2.05) is 26.0 Å². The zero-order valence-corrected chi connectivity index (χ0v) is 12.0.